The number of hydrogen-bond acceptors (Lipinski definition) is 2. The molecular formula is C18H20N4P2. The van der Waals surface area contributed by atoms with Crippen molar-refractivity contribution < 1.29 is 0 Å². The number of aryl methyl sites for hydroxylation is 1. The third kappa shape index (κ3) is 4.08. The molecule has 0 aliphatic heterocycles. The summed E-state index contributed by atoms with van der Waals surface area (Å²) in [6.07, 6.45) is 3.98. The molecule has 0 fully saturated rings. The molecule has 0 saturated heterocycles. The monoisotopic (exact) mass is 354 g/mol. The number of imidazole rings is 2. The Hall–Kier alpha value is -2.02. The molecule has 4 nitrogen and oxygen atoms in total. The van der Waals surface area contributed by atoms with Gasteiger partial charge in [0.1, 0.15) is 11.6 Å². The Morgan fingerprint density at radius 3 is 2.08 bits per heavy atom. The average Bonchev–Trinajstić information content (AvgIpc) is 3.18. The zero-order valence-corrected chi connectivity index (χ0v) is 15.5. The van der Waals surface area contributed by atoms with Crippen molar-refractivity contribution >= 4 is 46.6 Å². The lowest BCUT2D eigenvalue weighted by atomic mass is 10.3. The molecule has 4 aromatic rings. The van der Waals surface area contributed by atoms with E-state index in [-0.39, 0.29) is 0 Å². The summed E-state index contributed by atoms with van der Waals surface area (Å²) in [5.74, 6) is 3.86. The zero-order valence-electron chi connectivity index (χ0n) is 13.2. The van der Waals surface area contributed by atoms with Crippen molar-refractivity contribution in [1.29, 1.82) is 0 Å². The lowest BCUT2D eigenvalue weighted by Crippen LogP contribution is -1.86. The molecule has 2 unspecified atom stereocenters. The Morgan fingerprint density at radius 1 is 0.875 bits per heavy atom. The standard InChI is InChI=1S/C9H11N2P.C9H9N2P/c2*12-6-5-9-10-7-3-1-2-4-8(7)11-9/h1-4H,5-6,12H2,(H,10,11);1-6H,12H2,(H,10,11). The molecule has 2 N–H and O–H groups in total. The molecule has 2 aromatic heterocycles. The van der Waals surface area contributed by atoms with Crippen LogP contribution in [0, 0.1) is 0 Å². The number of para-hydroxylation sites is 4. The molecule has 0 aliphatic carbocycles. The van der Waals surface area contributed by atoms with E-state index in [2.05, 4.69) is 44.5 Å². The number of nitrogens with one attached hydrogen (secondary N) is 2. The second-order valence-electron chi connectivity index (χ2n) is 5.24. The molecule has 2 aromatic carbocycles. The number of aromatic amines is 2. The van der Waals surface area contributed by atoms with Crippen LogP contribution in [-0.2, 0) is 6.42 Å². The van der Waals surface area contributed by atoms with Gasteiger partial charge in [-0.2, -0.15) is 0 Å². The van der Waals surface area contributed by atoms with Crippen LogP contribution in [0.1, 0.15) is 11.6 Å². The van der Waals surface area contributed by atoms with Crippen molar-refractivity contribution in [1.82, 2.24) is 19.9 Å². The van der Waals surface area contributed by atoms with E-state index < -0.39 is 0 Å². The Kier molecular flexibility index (Phi) is 5.74. The van der Waals surface area contributed by atoms with Crippen molar-refractivity contribution in [3.8, 4) is 0 Å². The van der Waals surface area contributed by atoms with E-state index in [0.29, 0.717) is 0 Å². The van der Waals surface area contributed by atoms with E-state index >= 15 is 0 Å². The largest absolute Gasteiger partial charge is 0.342 e. The first-order valence-electron chi connectivity index (χ1n) is 7.77. The van der Waals surface area contributed by atoms with Crippen LogP contribution in [0.5, 0.6) is 0 Å². The lowest BCUT2D eigenvalue weighted by molar-refractivity contribution is 1.01. The summed E-state index contributed by atoms with van der Waals surface area (Å²) in [5.41, 5.74) is 4.28. The van der Waals surface area contributed by atoms with E-state index in [0.717, 1.165) is 46.3 Å². The SMILES string of the molecule is PC=Cc1nc2ccccc2[nH]1.PCCc1nc2ccccc2[nH]1. The van der Waals surface area contributed by atoms with Crippen LogP contribution >= 0.6 is 18.5 Å². The average molecular weight is 354 g/mol. The molecule has 2 heterocycles. The summed E-state index contributed by atoms with van der Waals surface area (Å²) < 4.78 is 0. The predicted molar refractivity (Wildman–Crippen MR) is 109 cm³/mol. The topological polar surface area (TPSA) is 57.4 Å². The van der Waals surface area contributed by atoms with Gasteiger partial charge in [-0.1, -0.05) is 30.1 Å². The molecule has 2 atom stereocenters. The fourth-order valence-corrected chi connectivity index (χ4v) is 2.86. The second-order valence-corrected chi connectivity index (χ2v) is 6.20. The summed E-state index contributed by atoms with van der Waals surface area (Å²) >= 11 is 0. The van der Waals surface area contributed by atoms with Crippen molar-refractivity contribution in [2.75, 3.05) is 6.16 Å². The van der Waals surface area contributed by atoms with Gasteiger partial charge in [-0.15, -0.1) is 18.5 Å². The molecule has 0 aliphatic rings. The molecule has 4 rings (SSSR count). The van der Waals surface area contributed by atoms with Gasteiger partial charge in [0.05, 0.1) is 22.1 Å². The van der Waals surface area contributed by atoms with Crippen LogP contribution in [0.15, 0.2) is 54.3 Å². The number of rotatable bonds is 3. The second kappa shape index (κ2) is 8.19. The van der Waals surface area contributed by atoms with Crippen molar-refractivity contribution in [3.63, 3.8) is 0 Å². The van der Waals surface area contributed by atoms with Gasteiger partial charge in [0.2, 0.25) is 0 Å². The van der Waals surface area contributed by atoms with Crippen LogP contribution in [0.3, 0.4) is 0 Å². The van der Waals surface area contributed by atoms with E-state index in [1.165, 1.54) is 0 Å². The molecule has 122 valence electrons. The maximum Gasteiger partial charge on any atom is 0.131 e. The van der Waals surface area contributed by atoms with Gasteiger partial charge in [-0.05, 0) is 36.5 Å². The van der Waals surface area contributed by atoms with Gasteiger partial charge in [-0.25, -0.2) is 9.97 Å². The zero-order chi connectivity index (χ0) is 16.8. The Bertz CT molecular complexity index is 890. The summed E-state index contributed by atoms with van der Waals surface area (Å²) in [6.45, 7) is 0. The first-order chi connectivity index (χ1) is 11.8. The minimum atomic E-state index is 0.895. The van der Waals surface area contributed by atoms with Gasteiger partial charge in [-0.3, -0.25) is 0 Å². The van der Waals surface area contributed by atoms with Crippen LogP contribution < -0.4 is 0 Å². The molecule has 0 bridgehead atoms. The van der Waals surface area contributed by atoms with E-state index in [9.17, 15) is 0 Å². The van der Waals surface area contributed by atoms with Crippen LogP contribution in [-0.4, -0.2) is 26.1 Å². The molecule has 0 spiro atoms. The van der Waals surface area contributed by atoms with Crippen LogP contribution in [0.4, 0.5) is 0 Å². The van der Waals surface area contributed by atoms with E-state index in [1.54, 1.807) is 0 Å². The molecule has 24 heavy (non-hydrogen) atoms. The Balaban J connectivity index is 0.000000141. The normalized spacial score (nSPS) is 11.1. The quantitative estimate of drug-likeness (QED) is 0.536. The summed E-state index contributed by atoms with van der Waals surface area (Å²) in [4.78, 5) is 15.2. The van der Waals surface area contributed by atoms with Crippen molar-refractivity contribution in [3.05, 3.63) is 66.0 Å². The first kappa shape index (κ1) is 16.8. The summed E-state index contributed by atoms with van der Waals surface area (Å²) in [5, 5.41) is 0. The third-order valence-corrected chi connectivity index (χ3v) is 3.96. The fourth-order valence-electron chi connectivity index (χ4n) is 2.40. The number of hydrogen-bond donors (Lipinski definition) is 2. The van der Waals surface area contributed by atoms with Gasteiger partial charge in [0, 0.05) is 6.42 Å². The van der Waals surface area contributed by atoms with Crippen molar-refractivity contribution in [2.45, 2.75) is 6.42 Å². The van der Waals surface area contributed by atoms with E-state index in [1.807, 2.05) is 54.4 Å². The van der Waals surface area contributed by atoms with Crippen LogP contribution in [0.25, 0.3) is 28.1 Å². The molecule has 0 saturated carbocycles. The lowest BCUT2D eigenvalue weighted by Gasteiger charge is -1.86. The Morgan fingerprint density at radius 2 is 1.50 bits per heavy atom. The number of aromatic nitrogens is 4. The van der Waals surface area contributed by atoms with E-state index in [4.69, 9.17) is 0 Å². The smallest absolute Gasteiger partial charge is 0.131 e. The molecule has 6 heteroatoms. The summed E-state index contributed by atoms with van der Waals surface area (Å²) in [7, 11) is 5.23. The number of fused-ring (bicyclic) bond motifs is 2. The predicted octanol–water partition coefficient (Wildman–Crippen LogP) is 4.39. The highest BCUT2D eigenvalue weighted by atomic mass is 31.0. The maximum atomic E-state index is 4.43. The first-order valence-corrected chi connectivity index (χ1v) is 9.25. The van der Waals surface area contributed by atoms with Gasteiger partial charge in [0.25, 0.3) is 0 Å². The van der Waals surface area contributed by atoms with Gasteiger partial charge in [0.15, 0.2) is 0 Å². The highest BCUT2D eigenvalue weighted by Gasteiger charge is 1.99. The molecule has 0 radical (unpaired) electrons. The number of H-pyrrole nitrogens is 2. The minimum absolute atomic E-state index is 0.895. The number of benzene rings is 2. The Labute approximate surface area is 145 Å². The minimum Gasteiger partial charge on any atom is -0.342 e. The maximum absolute atomic E-state index is 4.43. The summed E-state index contributed by atoms with van der Waals surface area (Å²) in [6, 6.07) is 16.1. The molecular weight excluding hydrogens is 334 g/mol. The number of nitrogens with zero attached hydrogens (tertiary/aromatic N) is 2. The van der Waals surface area contributed by atoms with Crippen molar-refractivity contribution in [2.24, 2.45) is 0 Å². The third-order valence-electron chi connectivity index (χ3n) is 3.48. The highest BCUT2D eigenvalue weighted by Crippen LogP contribution is 2.11. The van der Waals surface area contributed by atoms with Gasteiger partial charge < -0.3 is 9.97 Å². The fraction of sp³-hybridized carbons (Fsp3) is 0.111. The van der Waals surface area contributed by atoms with Crippen LogP contribution in [0.2, 0.25) is 0 Å². The molecule has 0 amide bonds. The highest BCUT2D eigenvalue weighted by molar-refractivity contribution is 7.21. The van der Waals surface area contributed by atoms with Gasteiger partial charge >= 0.3 is 0 Å².